The summed E-state index contributed by atoms with van der Waals surface area (Å²) in [6.07, 6.45) is 2.17. The maximum atomic E-state index is 12.5. The number of hydrogen-bond acceptors (Lipinski definition) is 7. The van der Waals surface area contributed by atoms with Crippen LogP contribution in [0.5, 0.6) is 5.75 Å². The number of amides is 3. The summed E-state index contributed by atoms with van der Waals surface area (Å²) in [6, 6.07) is 2.54. The first-order chi connectivity index (χ1) is 13.3. The molecule has 11 nitrogen and oxygen atoms in total. The van der Waals surface area contributed by atoms with Gasteiger partial charge in [-0.3, -0.25) is 20.2 Å². The van der Waals surface area contributed by atoms with Crippen molar-refractivity contribution in [2.24, 2.45) is 0 Å². The molecular formula is C16H22N4O7S. The first-order valence-electron chi connectivity index (χ1n) is 8.74. The SMILES string of the molecule is CCCNC(=O)NC(=O)COc1ccc(S(=O)(=O)N2CCCC2)cc1[N+](=O)[O-]. The Bertz CT molecular complexity index is 851. The van der Waals surface area contributed by atoms with Crippen LogP contribution >= 0.6 is 0 Å². The molecule has 1 heterocycles. The molecule has 1 aromatic carbocycles. The van der Waals surface area contributed by atoms with E-state index in [-0.39, 0.29) is 10.6 Å². The van der Waals surface area contributed by atoms with Gasteiger partial charge in [-0.25, -0.2) is 13.2 Å². The van der Waals surface area contributed by atoms with Crippen molar-refractivity contribution in [3.63, 3.8) is 0 Å². The van der Waals surface area contributed by atoms with Crippen LogP contribution in [0.4, 0.5) is 10.5 Å². The number of nitro groups is 1. The molecule has 1 fully saturated rings. The molecule has 12 heteroatoms. The molecular weight excluding hydrogens is 392 g/mol. The topological polar surface area (TPSA) is 148 Å². The highest BCUT2D eigenvalue weighted by Crippen LogP contribution is 2.31. The van der Waals surface area contributed by atoms with Crippen molar-refractivity contribution in [3.8, 4) is 5.75 Å². The standard InChI is InChI=1S/C16H22N4O7S/c1-2-7-17-16(22)18-15(21)11-27-14-6-5-12(10-13(14)20(23)24)28(25,26)19-8-3-4-9-19/h5-6,10H,2-4,7-9,11H2,1H3,(H2,17,18,21,22). The average molecular weight is 414 g/mol. The minimum atomic E-state index is -3.83. The first kappa shape index (κ1) is 21.6. The molecule has 0 spiro atoms. The molecule has 0 saturated carbocycles. The Morgan fingerprint density at radius 3 is 2.57 bits per heavy atom. The molecule has 28 heavy (non-hydrogen) atoms. The highest BCUT2D eigenvalue weighted by molar-refractivity contribution is 7.89. The molecule has 2 N–H and O–H groups in total. The molecule has 0 radical (unpaired) electrons. The highest BCUT2D eigenvalue weighted by Gasteiger charge is 2.30. The third kappa shape index (κ3) is 5.39. The molecule has 1 aromatic rings. The Kier molecular flexibility index (Phi) is 7.29. The molecule has 154 valence electrons. The molecule has 1 aliphatic rings. The lowest BCUT2D eigenvalue weighted by atomic mass is 10.3. The lowest BCUT2D eigenvalue weighted by molar-refractivity contribution is -0.386. The fraction of sp³-hybridized carbons (Fsp3) is 0.500. The lowest BCUT2D eigenvalue weighted by Crippen LogP contribution is -2.41. The van der Waals surface area contributed by atoms with E-state index >= 15 is 0 Å². The number of carbonyl (C=O) groups excluding carboxylic acids is 2. The van der Waals surface area contributed by atoms with E-state index in [1.54, 1.807) is 0 Å². The number of urea groups is 1. The molecule has 0 bridgehead atoms. The molecule has 0 aliphatic carbocycles. The zero-order valence-electron chi connectivity index (χ0n) is 15.3. The Hall–Kier alpha value is -2.73. The van der Waals surface area contributed by atoms with Crippen molar-refractivity contribution in [1.29, 1.82) is 0 Å². The van der Waals surface area contributed by atoms with E-state index in [1.807, 2.05) is 12.2 Å². The third-order valence-corrected chi connectivity index (χ3v) is 5.87. The number of nitro benzene ring substituents is 1. The Labute approximate surface area is 162 Å². The number of ether oxygens (including phenoxy) is 1. The van der Waals surface area contributed by atoms with Gasteiger partial charge < -0.3 is 10.1 Å². The number of sulfonamides is 1. The predicted octanol–water partition coefficient (Wildman–Crippen LogP) is 0.994. The van der Waals surface area contributed by atoms with E-state index in [9.17, 15) is 28.1 Å². The summed E-state index contributed by atoms with van der Waals surface area (Å²) in [5.41, 5.74) is -0.580. The number of rotatable bonds is 8. The second-order valence-electron chi connectivity index (χ2n) is 6.09. The second-order valence-corrected chi connectivity index (χ2v) is 8.03. The van der Waals surface area contributed by atoms with Gasteiger partial charge in [-0.15, -0.1) is 0 Å². The normalized spacial score (nSPS) is 14.5. The number of hydrogen-bond donors (Lipinski definition) is 2. The summed E-state index contributed by atoms with van der Waals surface area (Å²) < 4.78 is 31.5. The predicted molar refractivity (Wildman–Crippen MR) is 98.4 cm³/mol. The van der Waals surface area contributed by atoms with E-state index in [0.717, 1.165) is 25.0 Å². The number of nitrogens with one attached hydrogen (secondary N) is 2. The maximum absolute atomic E-state index is 12.5. The summed E-state index contributed by atoms with van der Waals surface area (Å²) in [6.45, 7) is 2.33. The number of imide groups is 1. The van der Waals surface area contributed by atoms with Crippen molar-refractivity contribution < 1.29 is 27.7 Å². The van der Waals surface area contributed by atoms with Gasteiger partial charge >= 0.3 is 11.7 Å². The van der Waals surface area contributed by atoms with Gasteiger partial charge in [0.15, 0.2) is 12.4 Å². The fourth-order valence-corrected chi connectivity index (χ4v) is 4.13. The van der Waals surface area contributed by atoms with Crippen LogP contribution in [0.15, 0.2) is 23.1 Å². The second kappa shape index (κ2) is 9.46. The van der Waals surface area contributed by atoms with E-state index in [2.05, 4.69) is 5.32 Å². The van der Waals surface area contributed by atoms with Gasteiger partial charge in [0.1, 0.15) is 0 Å². The summed E-state index contributed by atoms with van der Waals surface area (Å²) in [4.78, 5) is 33.4. The largest absolute Gasteiger partial charge is 0.477 e. The molecule has 1 aliphatic heterocycles. The molecule has 0 aromatic heterocycles. The van der Waals surface area contributed by atoms with Crippen molar-refractivity contribution in [2.75, 3.05) is 26.2 Å². The molecule has 2 rings (SSSR count). The van der Waals surface area contributed by atoms with Gasteiger partial charge in [-0.05, 0) is 31.4 Å². The van der Waals surface area contributed by atoms with Gasteiger partial charge in [0.05, 0.1) is 9.82 Å². The molecule has 0 unspecified atom stereocenters. The first-order valence-corrected chi connectivity index (χ1v) is 10.2. The number of benzene rings is 1. The van der Waals surface area contributed by atoms with Crippen molar-refractivity contribution in [2.45, 2.75) is 31.1 Å². The fourth-order valence-electron chi connectivity index (χ4n) is 2.59. The third-order valence-electron chi connectivity index (χ3n) is 3.98. The summed E-state index contributed by atoms with van der Waals surface area (Å²) >= 11 is 0. The van der Waals surface area contributed by atoms with Crippen molar-refractivity contribution in [3.05, 3.63) is 28.3 Å². The van der Waals surface area contributed by atoms with Crippen LogP contribution < -0.4 is 15.4 Å². The van der Waals surface area contributed by atoms with Crippen LogP contribution in [0.3, 0.4) is 0 Å². The van der Waals surface area contributed by atoms with Crippen molar-refractivity contribution >= 4 is 27.6 Å². The molecule has 3 amide bonds. The van der Waals surface area contributed by atoms with Gasteiger partial charge in [0, 0.05) is 25.7 Å². The van der Waals surface area contributed by atoms with E-state index in [1.165, 1.54) is 10.4 Å². The monoisotopic (exact) mass is 414 g/mol. The Morgan fingerprint density at radius 2 is 1.96 bits per heavy atom. The van der Waals surface area contributed by atoms with E-state index in [0.29, 0.717) is 26.1 Å². The summed E-state index contributed by atoms with van der Waals surface area (Å²) in [7, 11) is -3.83. The number of nitrogens with zero attached hydrogens (tertiary/aromatic N) is 2. The zero-order valence-corrected chi connectivity index (χ0v) is 16.2. The molecule has 1 saturated heterocycles. The van der Waals surface area contributed by atoms with Gasteiger partial charge in [-0.1, -0.05) is 6.92 Å². The Balaban J connectivity index is 2.10. The quantitative estimate of drug-likeness (QED) is 0.476. The van der Waals surface area contributed by atoms with Crippen LogP contribution in [0, 0.1) is 10.1 Å². The summed E-state index contributed by atoms with van der Waals surface area (Å²) in [5.74, 6) is -1.06. The number of carbonyl (C=O) groups is 2. The van der Waals surface area contributed by atoms with Crippen LogP contribution in [0.1, 0.15) is 26.2 Å². The van der Waals surface area contributed by atoms with Crippen molar-refractivity contribution in [1.82, 2.24) is 14.9 Å². The van der Waals surface area contributed by atoms with Crippen LogP contribution in [0.25, 0.3) is 0 Å². The maximum Gasteiger partial charge on any atom is 0.321 e. The van der Waals surface area contributed by atoms with E-state index < -0.39 is 39.2 Å². The van der Waals surface area contributed by atoms with Gasteiger partial charge in [0.2, 0.25) is 10.0 Å². The summed E-state index contributed by atoms with van der Waals surface area (Å²) in [5, 5.41) is 15.8. The van der Waals surface area contributed by atoms with Crippen LogP contribution in [-0.2, 0) is 14.8 Å². The zero-order chi connectivity index (χ0) is 20.7. The minimum Gasteiger partial charge on any atom is -0.477 e. The smallest absolute Gasteiger partial charge is 0.321 e. The Morgan fingerprint density at radius 1 is 1.29 bits per heavy atom. The average Bonchev–Trinajstić information content (AvgIpc) is 3.20. The minimum absolute atomic E-state index is 0.211. The lowest BCUT2D eigenvalue weighted by Gasteiger charge is -2.15. The van der Waals surface area contributed by atoms with Gasteiger partial charge in [0.25, 0.3) is 5.91 Å². The van der Waals surface area contributed by atoms with Gasteiger partial charge in [-0.2, -0.15) is 4.31 Å². The van der Waals surface area contributed by atoms with Crippen LogP contribution in [-0.4, -0.2) is 55.8 Å². The van der Waals surface area contributed by atoms with Crippen LogP contribution in [0.2, 0.25) is 0 Å². The van der Waals surface area contributed by atoms with E-state index in [4.69, 9.17) is 4.74 Å². The highest BCUT2D eigenvalue weighted by atomic mass is 32.2. The molecule has 0 atom stereocenters.